The van der Waals surface area contributed by atoms with E-state index in [9.17, 15) is 8.42 Å². The molecule has 0 fully saturated rings. The van der Waals surface area contributed by atoms with Crippen molar-refractivity contribution in [3.63, 3.8) is 0 Å². The molecule has 0 aliphatic rings. The maximum atomic E-state index is 11.7. The number of rotatable bonds is 8. The highest BCUT2D eigenvalue weighted by Crippen LogP contribution is 2.16. The number of sulfone groups is 1. The summed E-state index contributed by atoms with van der Waals surface area (Å²) in [5.41, 5.74) is 2.74. The first-order valence-electron chi connectivity index (χ1n) is 8.86. The molecule has 2 aromatic carbocycles. The Hall–Kier alpha value is -1.36. The van der Waals surface area contributed by atoms with Crippen LogP contribution in [0.25, 0.3) is 0 Å². The molecule has 0 amide bonds. The molecular weight excluding hydrogens is 525 g/mol. The predicted molar refractivity (Wildman–Crippen MR) is 129 cm³/mol. The van der Waals surface area contributed by atoms with Gasteiger partial charge in [0.2, 0.25) is 0 Å². The summed E-state index contributed by atoms with van der Waals surface area (Å²) in [7, 11) is -1.51. The van der Waals surface area contributed by atoms with Gasteiger partial charge in [0.25, 0.3) is 0 Å². The standard InChI is InChI=1S/C20H26ClN3O3S.HI/c1-15-11-16(7-8-19(15)28(3,25)26)13-24-20(22-2)23-9-10-27-14-17-5-4-6-18(21)12-17;/h4-8,11-12H,9-10,13-14H2,1-3H3,(H2,22,23,24);1H. The lowest BCUT2D eigenvalue weighted by atomic mass is 10.1. The van der Waals surface area contributed by atoms with Crippen LogP contribution in [0.2, 0.25) is 5.02 Å². The minimum atomic E-state index is -3.20. The number of nitrogens with one attached hydrogen (secondary N) is 2. The summed E-state index contributed by atoms with van der Waals surface area (Å²) in [4.78, 5) is 4.53. The second-order valence-corrected chi connectivity index (χ2v) is 8.83. The Labute approximate surface area is 195 Å². The summed E-state index contributed by atoms with van der Waals surface area (Å²) in [6.07, 6.45) is 1.22. The molecule has 0 saturated heterocycles. The van der Waals surface area contributed by atoms with Crippen molar-refractivity contribution in [3.05, 3.63) is 64.2 Å². The Bertz CT molecular complexity index is 936. The molecule has 6 nitrogen and oxygen atoms in total. The topological polar surface area (TPSA) is 79.8 Å². The molecule has 0 aromatic heterocycles. The second kappa shape index (κ2) is 12.4. The van der Waals surface area contributed by atoms with Gasteiger partial charge in [0.05, 0.1) is 18.1 Å². The Morgan fingerprint density at radius 2 is 1.90 bits per heavy atom. The normalized spacial score (nSPS) is 11.7. The van der Waals surface area contributed by atoms with Gasteiger partial charge < -0.3 is 15.4 Å². The molecular formula is C20H27ClIN3O3S. The summed E-state index contributed by atoms with van der Waals surface area (Å²) in [5, 5.41) is 7.08. The number of benzene rings is 2. The number of nitrogens with zero attached hydrogens (tertiary/aromatic N) is 1. The van der Waals surface area contributed by atoms with Crippen LogP contribution in [0.15, 0.2) is 52.4 Å². The number of aryl methyl sites for hydroxylation is 1. The van der Waals surface area contributed by atoms with Crippen LogP contribution in [0.3, 0.4) is 0 Å². The molecule has 0 heterocycles. The summed E-state index contributed by atoms with van der Waals surface area (Å²) >= 11 is 5.95. The molecule has 160 valence electrons. The lowest BCUT2D eigenvalue weighted by Crippen LogP contribution is -2.38. The van der Waals surface area contributed by atoms with E-state index < -0.39 is 9.84 Å². The van der Waals surface area contributed by atoms with Crippen molar-refractivity contribution in [2.45, 2.75) is 25.0 Å². The molecule has 29 heavy (non-hydrogen) atoms. The largest absolute Gasteiger partial charge is 0.375 e. The van der Waals surface area contributed by atoms with Crippen molar-refractivity contribution >= 4 is 51.4 Å². The van der Waals surface area contributed by atoms with Gasteiger partial charge in [-0.25, -0.2) is 8.42 Å². The number of hydrogen-bond donors (Lipinski definition) is 2. The van der Waals surface area contributed by atoms with E-state index in [-0.39, 0.29) is 24.0 Å². The van der Waals surface area contributed by atoms with Crippen LogP contribution in [-0.2, 0) is 27.7 Å². The van der Waals surface area contributed by atoms with Gasteiger partial charge in [-0.1, -0.05) is 35.9 Å². The third-order valence-corrected chi connectivity index (χ3v) is 5.51. The van der Waals surface area contributed by atoms with Crippen LogP contribution in [0.4, 0.5) is 0 Å². The van der Waals surface area contributed by atoms with E-state index >= 15 is 0 Å². The number of hydrogen-bond acceptors (Lipinski definition) is 4. The number of halogens is 2. The van der Waals surface area contributed by atoms with Gasteiger partial charge in [0.1, 0.15) is 0 Å². The van der Waals surface area contributed by atoms with Crippen molar-refractivity contribution in [1.82, 2.24) is 10.6 Å². The zero-order valence-electron chi connectivity index (χ0n) is 16.7. The molecule has 2 rings (SSSR count). The smallest absolute Gasteiger partial charge is 0.191 e. The Morgan fingerprint density at radius 3 is 2.52 bits per heavy atom. The average Bonchev–Trinajstić information content (AvgIpc) is 2.63. The molecule has 2 N–H and O–H groups in total. The van der Waals surface area contributed by atoms with E-state index in [2.05, 4.69) is 15.6 Å². The van der Waals surface area contributed by atoms with Gasteiger partial charge in [-0.15, -0.1) is 24.0 Å². The van der Waals surface area contributed by atoms with Crippen LogP contribution in [0.1, 0.15) is 16.7 Å². The maximum Gasteiger partial charge on any atom is 0.191 e. The van der Waals surface area contributed by atoms with Crippen LogP contribution >= 0.6 is 35.6 Å². The molecule has 0 saturated carbocycles. The Morgan fingerprint density at radius 1 is 1.14 bits per heavy atom. The first-order valence-corrected chi connectivity index (χ1v) is 11.1. The van der Waals surface area contributed by atoms with Gasteiger partial charge in [-0.2, -0.15) is 0 Å². The van der Waals surface area contributed by atoms with E-state index in [1.54, 1.807) is 26.1 Å². The van der Waals surface area contributed by atoms with Crippen molar-refractivity contribution < 1.29 is 13.2 Å². The van der Waals surface area contributed by atoms with Crippen LogP contribution in [0, 0.1) is 6.92 Å². The zero-order chi connectivity index (χ0) is 20.6. The Kier molecular flexibility index (Phi) is 10.9. The molecule has 0 unspecified atom stereocenters. The highest BCUT2D eigenvalue weighted by atomic mass is 127. The van der Waals surface area contributed by atoms with Gasteiger partial charge in [-0.05, 0) is 41.8 Å². The highest BCUT2D eigenvalue weighted by molar-refractivity contribution is 14.0. The highest BCUT2D eigenvalue weighted by Gasteiger charge is 2.10. The quantitative estimate of drug-likeness (QED) is 0.227. The molecule has 0 bridgehead atoms. The van der Waals surface area contributed by atoms with E-state index in [1.807, 2.05) is 30.3 Å². The third kappa shape index (κ3) is 8.90. The van der Waals surface area contributed by atoms with Gasteiger partial charge in [0.15, 0.2) is 15.8 Å². The monoisotopic (exact) mass is 551 g/mol. The van der Waals surface area contributed by atoms with Crippen molar-refractivity contribution in [3.8, 4) is 0 Å². The van der Waals surface area contributed by atoms with Crippen molar-refractivity contribution in [2.24, 2.45) is 4.99 Å². The van der Waals surface area contributed by atoms with E-state index in [0.29, 0.717) is 42.2 Å². The molecule has 0 atom stereocenters. The third-order valence-electron chi connectivity index (χ3n) is 4.02. The van der Waals surface area contributed by atoms with E-state index in [1.165, 1.54) is 6.26 Å². The van der Waals surface area contributed by atoms with E-state index in [0.717, 1.165) is 16.7 Å². The fraction of sp³-hybridized carbons (Fsp3) is 0.350. The second-order valence-electron chi connectivity index (χ2n) is 6.41. The van der Waals surface area contributed by atoms with Crippen LogP contribution in [-0.4, -0.2) is 40.8 Å². The number of ether oxygens (including phenoxy) is 1. The lowest BCUT2D eigenvalue weighted by molar-refractivity contribution is 0.125. The maximum absolute atomic E-state index is 11.7. The average molecular weight is 552 g/mol. The van der Waals surface area contributed by atoms with E-state index in [4.69, 9.17) is 16.3 Å². The molecule has 0 aliphatic carbocycles. The molecule has 2 aromatic rings. The molecule has 0 radical (unpaired) electrons. The van der Waals surface area contributed by atoms with Crippen LogP contribution in [0.5, 0.6) is 0 Å². The fourth-order valence-electron chi connectivity index (χ4n) is 2.70. The number of guanidine groups is 1. The minimum absolute atomic E-state index is 0. The minimum Gasteiger partial charge on any atom is -0.375 e. The SMILES string of the molecule is CN=C(NCCOCc1cccc(Cl)c1)NCc1ccc(S(C)(=O)=O)c(C)c1.I. The van der Waals surface area contributed by atoms with Gasteiger partial charge in [-0.3, -0.25) is 4.99 Å². The summed E-state index contributed by atoms with van der Waals surface area (Å²) in [6.45, 7) is 3.96. The predicted octanol–water partition coefficient (Wildman–Crippen LogP) is 3.55. The first-order chi connectivity index (χ1) is 13.3. The Balaban J connectivity index is 0.00000420. The molecule has 0 spiro atoms. The molecule has 0 aliphatic heterocycles. The lowest BCUT2D eigenvalue weighted by Gasteiger charge is -2.13. The van der Waals surface area contributed by atoms with Gasteiger partial charge in [0, 0.05) is 31.4 Å². The van der Waals surface area contributed by atoms with Crippen molar-refractivity contribution in [1.29, 1.82) is 0 Å². The van der Waals surface area contributed by atoms with Crippen LogP contribution < -0.4 is 10.6 Å². The summed E-state index contributed by atoms with van der Waals surface area (Å²) < 4.78 is 29.0. The van der Waals surface area contributed by atoms with Gasteiger partial charge >= 0.3 is 0 Å². The number of aliphatic imine (C=N–C) groups is 1. The first kappa shape index (κ1) is 25.7. The summed E-state index contributed by atoms with van der Waals surface area (Å²) in [5.74, 6) is 0.649. The molecule has 9 heteroatoms. The summed E-state index contributed by atoms with van der Waals surface area (Å²) in [6, 6.07) is 12.9. The van der Waals surface area contributed by atoms with Crippen molar-refractivity contribution in [2.75, 3.05) is 26.5 Å². The fourth-order valence-corrected chi connectivity index (χ4v) is 3.87. The zero-order valence-corrected chi connectivity index (χ0v) is 20.6.